The van der Waals surface area contributed by atoms with Gasteiger partial charge in [-0.3, -0.25) is 0 Å². The van der Waals surface area contributed by atoms with E-state index < -0.39 is 0 Å². The van der Waals surface area contributed by atoms with Gasteiger partial charge in [-0.25, -0.2) is 0 Å². The first-order chi connectivity index (χ1) is 0. The molecule has 0 saturated heterocycles. The van der Waals surface area contributed by atoms with Crippen LogP contribution in [0.2, 0.25) is 0 Å². The van der Waals surface area contributed by atoms with Crippen molar-refractivity contribution in [2.45, 2.75) is 0 Å². The van der Waals surface area contributed by atoms with E-state index in [1.54, 1.807) is 0 Å². The molecule has 2 radical (unpaired) electrons. The Morgan fingerprint density at radius 1 is 1.25 bits per heavy atom. The van der Waals surface area contributed by atoms with Gasteiger partial charge in [0.05, 0.1) is 0 Å². The summed E-state index contributed by atoms with van der Waals surface area (Å²) in [6, 6.07) is 0. The van der Waals surface area contributed by atoms with E-state index in [1.807, 2.05) is 0 Å². The summed E-state index contributed by atoms with van der Waals surface area (Å²) in [5.74, 6) is 0. The van der Waals surface area contributed by atoms with Crippen molar-refractivity contribution in [3.8, 4) is 0 Å². The summed E-state index contributed by atoms with van der Waals surface area (Å²) in [7, 11) is 0. The Labute approximate surface area is 93.9 Å². The van der Waals surface area contributed by atoms with E-state index >= 15 is 0 Å². The van der Waals surface area contributed by atoms with Crippen LogP contribution in [0.15, 0.2) is 0 Å². The Balaban J connectivity index is 0. The van der Waals surface area contributed by atoms with Crippen LogP contribution in [0, 0.1) is 35.6 Å². The molecule has 0 bridgehead atoms. The summed E-state index contributed by atoms with van der Waals surface area (Å²) in [4.78, 5) is 0. The van der Waals surface area contributed by atoms with Crippen molar-refractivity contribution in [2.24, 2.45) is 0 Å². The van der Waals surface area contributed by atoms with Gasteiger partial charge in [-0.2, -0.15) is 0 Å². The van der Waals surface area contributed by atoms with E-state index in [-0.39, 0.29) is 95.6 Å². The topological polar surface area (TPSA) is 0 Å². The fourth-order valence-corrected chi connectivity index (χ4v) is 0. The monoisotopic (exact) mass is 254 g/mol. The maximum atomic E-state index is 0. The third-order valence-corrected chi connectivity index (χ3v) is 0. The summed E-state index contributed by atoms with van der Waals surface area (Å²) in [5, 5.41) is 0. The first-order valence-electron chi connectivity index (χ1n) is 0. The molecule has 0 saturated carbocycles. The molecule has 0 aliphatic rings. The smallest absolute Gasteiger partial charge is 1.00 e. The standard InChI is InChI=1S/Al.Co.La.Mg.5H/q;;;+2;;;;2*-1. The van der Waals surface area contributed by atoms with Crippen LogP contribution < -0.4 is 0 Å². The molecule has 0 atom stereocenters. The quantitative estimate of drug-likeness (QED) is 0.469. The molecule has 0 rings (SSSR count). The molecule has 0 heterocycles. The molecule has 4 heteroatoms. The minimum Gasteiger partial charge on any atom is -1.00 e. The van der Waals surface area contributed by atoms with Gasteiger partial charge in [-0.1, -0.05) is 0 Å². The predicted octanol–water partition coefficient (Wildman–Crippen LogP) is -1.34. The van der Waals surface area contributed by atoms with Crippen LogP contribution in [-0.4, -0.2) is 40.4 Å². The average Bonchev–Trinajstić information content (AvgIpc) is 0. The molecule has 0 aliphatic carbocycles. The van der Waals surface area contributed by atoms with E-state index in [9.17, 15) is 0 Å². The summed E-state index contributed by atoms with van der Waals surface area (Å²) in [5.41, 5.74) is 0. The Bertz CT molecular complexity index is 13.5. The third kappa shape index (κ3) is 8.89. The van der Waals surface area contributed by atoms with Gasteiger partial charge in [0, 0.05) is 52.4 Å². The molecular formula is H5AlCoLaMg. The molecule has 0 aromatic heterocycles. The number of hydrogen-bond donors (Lipinski definition) is 0. The average molecular weight is 254 g/mol. The number of rotatable bonds is 0. The molecule has 0 nitrogen and oxygen atoms in total. The van der Waals surface area contributed by atoms with Crippen molar-refractivity contribution >= 4 is 40.4 Å². The summed E-state index contributed by atoms with van der Waals surface area (Å²) >= 11 is 0. The summed E-state index contributed by atoms with van der Waals surface area (Å²) in [6.45, 7) is 0. The van der Waals surface area contributed by atoms with Crippen LogP contribution in [0.5, 0.6) is 0 Å². The SMILES string of the molecule is [AlH3].[Co].[H-].[H-].[La].[Mg+2]. The van der Waals surface area contributed by atoms with E-state index in [1.165, 1.54) is 0 Å². The Morgan fingerprint density at radius 2 is 1.25 bits per heavy atom. The zero-order chi connectivity index (χ0) is 0. The minimum absolute atomic E-state index is 0. The molecule has 0 aromatic rings. The molecule has 0 unspecified atom stereocenters. The fourth-order valence-electron chi connectivity index (χ4n) is 0. The summed E-state index contributed by atoms with van der Waals surface area (Å²) < 4.78 is 0. The molecule has 0 spiro atoms. The fraction of sp³-hybridized carbons (Fsp3) is 0. The normalized spacial score (nSPS) is 0. The third-order valence-electron chi connectivity index (χ3n) is 0. The van der Waals surface area contributed by atoms with Crippen LogP contribution in [0.3, 0.4) is 0 Å². The second-order valence-corrected chi connectivity index (χ2v) is 0. The van der Waals surface area contributed by atoms with Crippen LogP contribution in [0.4, 0.5) is 0 Å². The second-order valence-electron chi connectivity index (χ2n) is 0. The summed E-state index contributed by atoms with van der Waals surface area (Å²) in [6.07, 6.45) is 0. The van der Waals surface area contributed by atoms with Gasteiger partial charge in [0.2, 0.25) is 0 Å². The van der Waals surface area contributed by atoms with Gasteiger partial charge in [-0.15, -0.1) is 0 Å². The molecule has 22 valence electrons. The van der Waals surface area contributed by atoms with Crippen molar-refractivity contribution in [1.82, 2.24) is 0 Å². The Hall–Kier alpha value is 3.00. The van der Waals surface area contributed by atoms with Gasteiger partial charge < -0.3 is 2.85 Å². The van der Waals surface area contributed by atoms with Crippen molar-refractivity contribution in [3.05, 3.63) is 0 Å². The van der Waals surface area contributed by atoms with Crippen molar-refractivity contribution in [2.75, 3.05) is 0 Å². The minimum atomic E-state index is 0. The van der Waals surface area contributed by atoms with E-state index in [4.69, 9.17) is 0 Å². The largest absolute Gasteiger partial charge is 2.00 e. The van der Waals surface area contributed by atoms with Crippen molar-refractivity contribution in [3.63, 3.8) is 0 Å². The first kappa shape index (κ1) is 28.0. The maximum Gasteiger partial charge on any atom is 2.00 e. The predicted molar refractivity (Wildman–Crippen MR) is 17.9 cm³/mol. The molecule has 4 heavy (non-hydrogen) atoms. The maximum absolute atomic E-state index is 0. The van der Waals surface area contributed by atoms with E-state index in [2.05, 4.69) is 0 Å². The molecule has 0 fully saturated rings. The Morgan fingerprint density at radius 3 is 1.25 bits per heavy atom. The second kappa shape index (κ2) is 16.7. The van der Waals surface area contributed by atoms with Gasteiger partial charge in [0.15, 0.2) is 17.4 Å². The van der Waals surface area contributed by atoms with E-state index in [0.29, 0.717) is 0 Å². The molecular weight excluding hydrogens is 249 g/mol. The van der Waals surface area contributed by atoms with Crippen LogP contribution in [0.1, 0.15) is 2.85 Å². The van der Waals surface area contributed by atoms with Crippen molar-refractivity contribution in [1.29, 1.82) is 0 Å². The Kier molecular flexibility index (Phi) is 117. The van der Waals surface area contributed by atoms with Gasteiger partial charge in [0.1, 0.15) is 0 Å². The zero-order valence-corrected chi connectivity index (χ0v) is 7.70. The van der Waals surface area contributed by atoms with Gasteiger partial charge >= 0.3 is 23.1 Å². The van der Waals surface area contributed by atoms with E-state index in [0.717, 1.165) is 0 Å². The molecule has 0 aliphatic heterocycles. The first-order valence-corrected chi connectivity index (χ1v) is 0. The molecule has 0 amide bonds. The van der Waals surface area contributed by atoms with Crippen LogP contribution in [0.25, 0.3) is 0 Å². The van der Waals surface area contributed by atoms with Crippen LogP contribution in [-0.2, 0) is 16.8 Å². The van der Waals surface area contributed by atoms with Crippen molar-refractivity contribution < 1.29 is 55.2 Å². The number of hydrogen-bond acceptors (Lipinski definition) is 0. The van der Waals surface area contributed by atoms with Gasteiger partial charge in [-0.05, 0) is 0 Å². The molecule has 0 N–H and O–H groups in total. The van der Waals surface area contributed by atoms with Gasteiger partial charge in [0.25, 0.3) is 0 Å². The zero-order valence-electron chi connectivity index (χ0n) is 3.62. The molecule has 0 aromatic carbocycles. The van der Waals surface area contributed by atoms with Crippen LogP contribution >= 0.6 is 0 Å².